The van der Waals surface area contributed by atoms with E-state index in [2.05, 4.69) is 87.3 Å². The molecule has 0 radical (unpaired) electrons. The maximum atomic E-state index is 14.7. The summed E-state index contributed by atoms with van der Waals surface area (Å²) in [4.78, 5) is 35.6. The van der Waals surface area contributed by atoms with Gasteiger partial charge in [-0.15, -0.1) is 17.9 Å². The van der Waals surface area contributed by atoms with Crippen LogP contribution >= 0.6 is 11.6 Å². The molecule has 1 amide bonds. The molecule has 15 nitrogen and oxygen atoms in total. The highest BCUT2D eigenvalue weighted by Gasteiger charge is 2.48. The van der Waals surface area contributed by atoms with Crippen molar-refractivity contribution in [3.63, 3.8) is 0 Å². The maximum absolute atomic E-state index is 14.7. The van der Waals surface area contributed by atoms with Crippen molar-refractivity contribution >= 4 is 50.6 Å². The number of halogens is 1. The molecule has 2 aromatic carbocycles. The number of aliphatic hydroxyl groups excluding tert-OH is 1. The van der Waals surface area contributed by atoms with Crippen LogP contribution in [0.2, 0.25) is 41.4 Å². The lowest BCUT2D eigenvalue weighted by Crippen LogP contribution is -2.60. The third-order valence-corrected chi connectivity index (χ3v) is 24.3. The van der Waals surface area contributed by atoms with Gasteiger partial charge in [-0.2, -0.15) is 0 Å². The summed E-state index contributed by atoms with van der Waals surface area (Å²) in [5.41, 5.74) is 2.11. The second kappa shape index (κ2) is 29.6. The summed E-state index contributed by atoms with van der Waals surface area (Å²) < 4.78 is 55.8. The van der Waals surface area contributed by atoms with Crippen LogP contribution in [0.5, 0.6) is 28.7 Å². The first-order valence-corrected chi connectivity index (χ1v) is 32.1. The van der Waals surface area contributed by atoms with E-state index >= 15 is 0 Å². The number of carbonyl (C=O) groups is 2. The lowest BCUT2D eigenvalue weighted by atomic mass is 9.93. The van der Waals surface area contributed by atoms with Gasteiger partial charge >= 0.3 is 5.97 Å². The number of methoxy groups -OCH3 is 2. The van der Waals surface area contributed by atoms with Crippen LogP contribution < -0.4 is 29.0 Å². The van der Waals surface area contributed by atoms with Crippen molar-refractivity contribution in [1.82, 2.24) is 15.2 Å². The Hall–Kier alpha value is -5.09. The number of fused-ring (bicyclic) bond motifs is 1. The van der Waals surface area contributed by atoms with Crippen molar-refractivity contribution in [2.24, 2.45) is 0 Å². The molecule has 0 unspecified atom stereocenters. The fourth-order valence-corrected chi connectivity index (χ4v) is 15.3. The minimum atomic E-state index is -2.11. The second-order valence-corrected chi connectivity index (χ2v) is 29.7. The van der Waals surface area contributed by atoms with E-state index in [9.17, 15) is 14.7 Å². The smallest absolute Gasteiger partial charge is 0.308 e. The Kier molecular flexibility index (Phi) is 24.7. The molecule has 0 bridgehead atoms. The molecule has 0 aliphatic carbocycles. The largest absolute Gasteiger partial charge is 0.492 e. The van der Waals surface area contributed by atoms with Crippen molar-refractivity contribution < 1.29 is 57.0 Å². The van der Waals surface area contributed by atoms with Gasteiger partial charge in [0.25, 0.3) is 5.91 Å². The fourth-order valence-electron chi connectivity index (χ4n) is 9.73. The summed E-state index contributed by atoms with van der Waals surface area (Å²) in [6, 6.07) is 12.8. The molecular formula is C58H84ClN3O12Si2. The predicted molar refractivity (Wildman–Crippen MR) is 306 cm³/mol. The Morgan fingerprint density at radius 3 is 2.12 bits per heavy atom. The zero-order valence-corrected chi connectivity index (χ0v) is 50.0. The monoisotopic (exact) mass is 1110 g/mol. The average Bonchev–Trinajstić information content (AvgIpc) is 3.41. The number of rotatable bonds is 30. The van der Waals surface area contributed by atoms with E-state index in [0.717, 1.165) is 36.3 Å². The van der Waals surface area contributed by atoms with Gasteiger partial charge in [-0.1, -0.05) is 84.4 Å². The highest BCUT2D eigenvalue weighted by molar-refractivity contribution is 6.87. The number of amides is 1. The number of carbonyl (C=O) groups excluding carboxylic acids is 2. The van der Waals surface area contributed by atoms with Crippen LogP contribution in [-0.2, 0) is 23.4 Å². The van der Waals surface area contributed by atoms with Crippen LogP contribution in [0.1, 0.15) is 104 Å². The first kappa shape index (κ1) is 63.4. The Bertz CT molecular complexity index is 2520. The van der Waals surface area contributed by atoms with Crippen molar-refractivity contribution in [3.05, 3.63) is 72.1 Å². The average molecular weight is 1110 g/mol. The Morgan fingerprint density at radius 1 is 0.961 bits per heavy atom. The van der Waals surface area contributed by atoms with Gasteiger partial charge in [-0.3, -0.25) is 9.59 Å². The van der Waals surface area contributed by atoms with E-state index in [0.29, 0.717) is 34.4 Å². The highest BCUT2D eigenvalue weighted by atomic mass is 35.5. The lowest BCUT2D eigenvalue weighted by molar-refractivity contribution is -0.273. The van der Waals surface area contributed by atoms with E-state index in [-0.39, 0.29) is 71.9 Å². The standard InChI is InChI=1S/C58H84ClN3O12Si2/c1-17-30-68-46-28-27-44(60-56(46)59)45(61-57(65)43-35-42-41(33-47(43)69-31-18-2)34-49(71-39(10)11)55(67-16)54(42)66-15)36-51(64)70-38-50(63)58(19-3,29-26-32-75(20-4,21-5)22-6)73-52-37-48(53(62(13)14)40(12)72-52)74-76(23-7,24-8)25-9/h3,17-18,27-28,33-35,39-40,45,48,50,52-53,63H,1-2,20-25,29-31,36-38H2,4-16H3,(H,61,65)/t40-,45+,48-,50+,52-,53+,58-/m0/s1. The summed E-state index contributed by atoms with van der Waals surface area (Å²) in [6.45, 7) is 26.0. The number of aromatic nitrogens is 1. The Labute approximate surface area is 459 Å². The first-order chi connectivity index (χ1) is 36.2. The molecule has 76 heavy (non-hydrogen) atoms. The zero-order valence-electron chi connectivity index (χ0n) is 47.3. The van der Waals surface area contributed by atoms with Crippen LogP contribution in [0.3, 0.4) is 0 Å². The van der Waals surface area contributed by atoms with Gasteiger partial charge in [0.1, 0.15) is 39.7 Å². The maximum Gasteiger partial charge on any atom is 0.308 e. The van der Waals surface area contributed by atoms with Gasteiger partial charge in [-0.05, 0) is 107 Å². The molecule has 1 aromatic heterocycles. The quantitative estimate of drug-likeness (QED) is 0.0213. The zero-order chi connectivity index (χ0) is 56.4. The van der Waals surface area contributed by atoms with Crippen molar-refractivity contribution in [2.45, 2.75) is 166 Å². The van der Waals surface area contributed by atoms with Gasteiger partial charge in [0, 0.05) is 11.8 Å². The Balaban J connectivity index is 1.76. The molecule has 0 spiro atoms. The van der Waals surface area contributed by atoms with Crippen LogP contribution in [0, 0.1) is 23.8 Å². The molecule has 1 fully saturated rings. The van der Waals surface area contributed by atoms with Crippen LogP contribution in [0.25, 0.3) is 10.8 Å². The number of nitrogens with zero attached hydrogens (tertiary/aromatic N) is 2. The number of ether oxygens (including phenoxy) is 8. The van der Waals surface area contributed by atoms with Gasteiger partial charge in [0.15, 0.2) is 42.6 Å². The van der Waals surface area contributed by atoms with Gasteiger partial charge in [0.2, 0.25) is 5.75 Å². The van der Waals surface area contributed by atoms with E-state index in [1.54, 1.807) is 42.5 Å². The summed E-state index contributed by atoms with van der Waals surface area (Å²) in [5.74, 6) is 6.20. The third-order valence-electron chi connectivity index (χ3n) is 14.6. The third kappa shape index (κ3) is 15.8. The predicted octanol–water partition coefficient (Wildman–Crippen LogP) is 10.9. The van der Waals surface area contributed by atoms with Gasteiger partial charge < -0.3 is 57.6 Å². The summed E-state index contributed by atoms with van der Waals surface area (Å²) in [5, 5.41) is 16.4. The number of aliphatic hydroxyl groups is 1. The second-order valence-electron chi connectivity index (χ2n) is 19.7. The minimum absolute atomic E-state index is 0.0198. The van der Waals surface area contributed by atoms with Crippen molar-refractivity contribution in [3.8, 4) is 52.6 Å². The SMILES string of the molecule is C#C[C@@](CC#C[Si](CC)(CC)CC)(O[C@H]1C[C@H](O[Si](CC)(CC)CC)[C@H](N(C)C)[C@H](C)O1)[C@H](O)COC(=O)C[C@@H](NC(=O)c1cc2c(OC)c(OC)c(OC(C)C)cc2cc1OCC=C)c1ccc(OCC=C)c(Cl)n1. The Morgan fingerprint density at radius 2 is 1.58 bits per heavy atom. The van der Waals surface area contributed by atoms with Crippen LogP contribution in [0.4, 0.5) is 0 Å². The van der Waals surface area contributed by atoms with Crippen molar-refractivity contribution in [1.29, 1.82) is 0 Å². The van der Waals surface area contributed by atoms with E-state index < -0.39 is 65.3 Å². The van der Waals surface area contributed by atoms with Crippen LogP contribution in [0.15, 0.2) is 55.6 Å². The molecule has 1 saturated heterocycles. The number of nitrogens with one attached hydrogen (secondary N) is 1. The molecule has 7 atom stereocenters. The van der Waals surface area contributed by atoms with Gasteiger partial charge in [0.05, 0.1) is 68.7 Å². The highest BCUT2D eigenvalue weighted by Crippen LogP contribution is 2.46. The molecule has 1 aliphatic rings. The molecular weight excluding hydrogens is 1020 g/mol. The number of benzene rings is 2. The van der Waals surface area contributed by atoms with E-state index in [4.69, 9.17) is 60.3 Å². The molecule has 1 aliphatic heterocycles. The van der Waals surface area contributed by atoms with Crippen LogP contribution in [-0.4, -0.2) is 134 Å². The molecule has 3 aromatic rings. The normalized spacial score (nSPS) is 18.3. The minimum Gasteiger partial charge on any atom is -0.492 e. The number of likely N-dealkylation sites (N-methyl/N-ethyl adjacent to an activating group) is 1. The molecule has 2 N–H and O–H groups in total. The lowest BCUT2D eigenvalue weighted by Gasteiger charge is -2.48. The summed E-state index contributed by atoms with van der Waals surface area (Å²) in [6.07, 6.45) is 6.14. The van der Waals surface area contributed by atoms with E-state index in [1.807, 2.05) is 34.9 Å². The number of pyridine rings is 1. The number of terminal acetylenes is 1. The number of hydrogen-bond acceptors (Lipinski definition) is 14. The number of hydrogen-bond donors (Lipinski definition) is 2. The first-order valence-electron chi connectivity index (χ1n) is 26.6. The fraction of sp³-hybridized carbons (Fsp3) is 0.569. The topological polar surface area (TPSA) is 166 Å². The molecule has 0 saturated carbocycles. The molecule has 4 rings (SSSR count). The molecule has 2 heterocycles. The van der Waals surface area contributed by atoms with Crippen molar-refractivity contribution in [2.75, 3.05) is 48.1 Å². The number of esters is 1. The van der Waals surface area contributed by atoms with Gasteiger partial charge in [-0.25, -0.2) is 4.98 Å². The van der Waals surface area contributed by atoms with E-state index in [1.165, 1.54) is 14.2 Å². The summed E-state index contributed by atoms with van der Waals surface area (Å²) >= 11 is 6.64. The molecule has 18 heteroatoms. The molecule has 418 valence electrons. The summed E-state index contributed by atoms with van der Waals surface area (Å²) in [7, 11) is 2.94.